The summed E-state index contributed by atoms with van der Waals surface area (Å²) < 4.78 is 17.0. The van der Waals surface area contributed by atoms with Crippen LogP contribution in [0, 0.1) is 5.41 Å². The molecular formula is C27H41NO4. The van der Waals surface area contributed by atoms with Crippen LogP contribution in [0.25, 0.3) is 0 Å². The van der Waals surface area contributed by atoms with Crippen LogP contribution in [0.15, 0.2) is 30.5 Å². The van der Waals surface area contributed by atoms with Crippen LogP contribution in [0.4, 0.5) is 0 Å². The van der Waals surface area contributed by atoms with Gasteiger partial charge in [-0.1, -0.05) is 46.4 Å². The summed E-state index contributed by atoms with van der Waals surface area (Å²) in [5.41, 5.74) is 3.76. The van der Waals surface area contributed by atoms with Crippen LogP contribution in [-0.2, 0) is 20.7 Å². The second kappa shape index (κ2) is 10.7. The Morgan fingerprint density at radius 2 is 2.00 bits per heavy atom. The molecule has 2 fully saturated rings. The number of cyclic esters (lactones) is 1. The van der Waals surface area contributed by atoms with Gasteiger partial charge in [0.05, 0.1) is 18.7 Å². The molecule has 1 aromatic rings. The lowest BCUT2D eigenvalue weighted by Gasteiger charge is -2.38. The first-order valence-corrected chi connectivity index (χ1v) is 12.1. The first kappa shape index (κ1) is 24.6. The quantitative estimate of drug-likeness (QED) is 0.337. The van der Waals surface area contributed by atoms with Gasteiger partial charge in [-0.15, -0.1) is 0 Å². The average molecular weight is 444 g/mol. The third kappa shape index (κ3) is 6.06. The lowest BCUT2D eigenvalue weighted by Crippen LogP contribution is -2.40. The minimum absolute atomic E-state index is 0.0381. The van der Waals surface area contributed by atoms with Crippen LogP contribution in [0.5, 0.6) is 5.75 Å². The molecule has 0 saturated carbocycles. The van der Waals surface area contributed by atoms with Crippen molar-refractivity contribution in [3.63, 3.8) is 0 Å². The second-order valence-corrected chi connectivity index (χ2v) is 10.4. The Labute approximate surface area is 194 Å². The molecule has 2 aliphatic heterocycles. The van der Waals surface area contributed by atoms with E-state index in [1.54, 1.807) is 7.11 Å². The number of nitrogens with zero attached hydrogens (tertiary/aromatic N) is 1. The SMILES string of the molecule is C=C(CC(C)(C)C)N1C(c2ccc(CC)c(OCCCOC)c2)CCC1[C@@H]1CCC(=O)O1. The first-order valence-electron chi connectivity index (χ1n) is 12.1. The molecule has 2 unspecified atom stereocenters. The molecule has 32 heavy (non-hydrogen) atoms. The highest BCUT2D eigenvalue weighted by Crippen LogP contribution is 2.45. The molecule has 0 radical (unpaired) electrons. The van der Waals surface area contributed by atoms with Gasteiger partial charge in [0, 0.05) is 32.3 Å². The molecule has 0 amide bonds. The number of hydrogen-bond acceptors (Lipinski definition) is 5. The summed E-state index contributed by atoms with van der Waals surface area (Å²) >= 11 is 0. The van der Waals surface area contributed by atoms with Crippen molar-refractivity contribution in [2.75, 3.05) is 20.3 Å². The fourth-order valence-electron chi connectivity index (χ4n) is 5.10. The smallest absolute Gasteiger partial charge is 0.306 e. The zero-order valence-electron chi connectivity index (χ0n) is 20.6. The van der Waals surface area contributed by atoms with E-state index < -0.39 is 0 Å². The zero-order chi connectivity index (χ0) is 23.3. The Morgan fingerprint density at radius 3 is 2.62 bits per heavy atom. The molecule has 0 N–H and O–H groups in total. The third-order valence-corrected chi connectivity index (χ3v) is 6.48. The summed E-state index contributed by atoms with van der Waals surface area (Å²) in [6.45, 7) is 14.8. The zero-order valence-corrected chi connectivity index (χ0v) is 20.6. The van der Waals surface area contributed by atoms with E-state index in [2.05, 4.69) is 57.4 Å². The van der Waals surface area contributed by atoms with Crippen molar-refractivity contribution < 1.29 is 19.0 Å². The molecule has 2 saturated heterocycles. The average Bonchev–Trinajstić information content (AvgIpc) is 3.36. The van der Waals surface area contributed by atoms with Gasteiger partial charge >= 0.3 is 5.97 Å². The predicted molar refractivity (Wildman–Crippen MR) is 128 cm³/mol. The second-order valence-electron chi connectivity index (χ2n) is 10.4. The summed E-state index contributed by atoms with van der Waals surface area (Å²) in [6.07, 6.45) is 6.04. The summed E-state index contributed by atoms with van der Waals surface area (Å²) in [4.78, 5) is 14.3. The number of allylic oxidation sites excluding steroid dienone is 1. The number of hydrogen-bond donors (Lipinski definition) is 0. The van der Waals surface area contributed by atoms with Crippen LogP contribution < -0.4 is 4.74 Å². The largest absolute Gasteiger partial charge is 0.493 e. The highest BCUT2D eigenvalue weighted by atomic mass is 16.6. The number of carbonyl (C=O) groups excluding carboxylic acids is 1. The van der Waals surface area contributed by atoms with Gasteiger partial charge in [-0.25, -0.2) is 0 Å². The number of esters is 1. The molecule has 0 aliphatic carbocycles. The number of likely N-dealkylation sites (tertiary alicyclic amines) is 1. The highest BCUT2D eigenvalue weighted by Gasteiger charge is 2.43. The molecule has 2 heterocycles. The number of methoxy groups -OCH3 is 1. The van der Waals surface area contributed by atoms with Crippen LogP contribution in [0.1, 0.15) is 83.4 Å². The van der Waals surface area contributed by atoms with E-state index in [1.165, 1.54) is 11.1 Å². The molecular weight excluding hydrogens is 402 g/mol. The molecule has 0 bridgehead atoms. The van der Waals surface area contributed by atoms with Crippen LogP contribution in [0.2, 0.25) is 0 Å². The third-order valence-electron chi connectivity index (χ3n) is 6.48. The number of ether oxygens (including phenoxy) is 3. The van der Waals surface area contributed by atoms with E-state index in [4.69, 9.17) is 14.2 Å². The van der Waals surface area contributed by atoms with Gasteiger partial charge in [0.25, 0.3) is 0 Å². The summed E-state index contributed by atoms with van der Waals surface area (Å²) in [6, 6.07) is 7.08. The number of aryl methyl sites for hydroxylation is 1. The number of rotatable bonds is 10. The molecule has 3 rings (SSSR count). The molecule has 178 valence electrons. The Balaban J connectivity index is 1.86. The number of benzene rings is 1. The van der Waals surface area contributed by atoms with E-state index in [0.29, 0.717) is 19.6 Å². The summed E-state index contributed by atoms with van der Waals surface area (Å²) in [5, 5.41) is 0. The van der Waals surface area contributed by atoms with E-state index in [1.807, 2.05) is 0 Å². The Kier molecular flexibility index (Phi) is 8.26. The normalized spacial score (nSPS) is 23.5. The van der Waals surface area contributed by atoms with Crippen molar-refractivity contribution >= 4 is 5.97 Å². The van der Waals surface area contributed by atoms with Crippen LogP contribution >= 0.6 is 0 Å². The molecule has 5 heteroatoms. The predicted octanol–water partition coefficient (Wildman–Crippen LogP) is 5.83. The van der Waals surface area contributed by atoms with Gasteiger partial charge < -0.3 is 19.1 Å². The van der Waals surface area contributed by atoms with E-state index in [-0.39, 0.29) is 29.6 Å². The molecule has 0 spiro atoms. The van der Waals surface area contributed by atoms with E-state index in [9.17, 15) is 4.79 Å². The Bertz CT molecular complexity index is 797. The van der Waals surface area contributed by atoms with Gasteiger partial charge in [0.1, 0.15) is 11.9 Å². The van der Waals surface area contributed by atoms with Crippen molar-refractivity contribution in [1.29, 1.82) is 0 Å². The van der Waals surface area contributed by atoms with Gasteiger partial charge in [-0.05, 0) is 54.7 Å². The van der Waals surface area contributed by atoms with E-state index >= 15 is 0 Å². The highest BCUT2D eigenvalue weighted by molar-refractivity contribution is 5.71. The monoisotopic (exact) mass is 443 g/mol. The van der Waals surface area contributed by atoms with Gasteiger partial charge in [0.2, 0.25) is 0 Å². The fraction of sp³-hybridized carbons (Fsp3) is 0.667. The Morgan fingerprint density at radius 1 is 1.22 bits per heavy atom. The van der Waals surface area contributed by atoms with Crippen molar-refractivity contribution in [2.45, 2.75) is 90.8 Å². The molecule has 3 atom stereocenters. The van der Waals surface area contributed by atoms with Crippen molar-refractivity contribution in [3.8, 4) is 5.75 Å². The summed E-state index contributed by atoms with van der Waals surface area (Å²) in [7, 11) is 1.72. The maximum atomic E-state index is 11.8. The minimum Gasteiger partial charge on any atom is -0.493 e. The van der Waals surface area contributed by atoms with E-state index in [0.717, 1.165) is 50.0 Å². The van der Waals surface area contributed by atoms with Crippen molar-refractivity contribution in [2.24, 2.45) is 5.41 Å². The standard InChI is InChI=1S/C27H41NO4/c1-7-20-9-10-21(17-25(20)31-16-8-15-30-6)22-11-12-23(24-13-14-26(29)32-24)28(22)19(2)18-27(3,4)5/h9-10,17,22-24H,2,7-8,11-16,18H2,1,3-6H3/t22?,23?,24-/m0/s1. The molecule has 0 aromatic heterocycles. The topological polar surface area (TPSA) is 48.0 Å². The van der Waals surface area contributed by atoms with Gasteiger partial charge in [0.15, 0.2) is 0 Å². The molecule has 1 aromatic carbocycles. The maximum absolute atomic E-state index is 11.8. The van der Waals surface area contributed by atoms with Gasteiger partial charge in [-0.2, -0.15) is 0 Å². The lowest BCUT2D eigenvalue weighted by molar-refractivity contribution is -0.143. The minimum atomic E-state index is -0.0705. The fourth-order valence-corrected chi connectivity index (χ4v) is 5.10. The summed E-state index contributed by atoms with van der Waals surface area (Å²) in [5.74, 6) is 0.900. The van der Waals surface area contributed by atoms with Crippen molar-refractivity contribution in [1.82, 2.24) is 4.90 Å². The maximum Gasteiger partial charge on any atom is 0.306 e. The van der Waals surface area contributed by atoms with Crippen LogP contribution in [-0.4, -0.2) is 43.3 Å². The Hall–Kier alpha value is -2.01. The molecule has 5 nitrogen and oxygen atoms in total. The first-order chi connectivity index (χ1) is 15.2. The number of carbonyl (C=O) groups is 1. The molecule has 2 aliphatic rings. The van der Waals surface area contributed by atoms with Crippen LogP contribution in [0.3, 0.4) is 0 Å². The van der Waals surface area contributed by atoms with Gasteiger partial charge in [-0.3, -0.25) is 4.79 Å². The lowest BCUT2D eigenvalue weighted by atomic mass is 9.89. The van der Waals surface area contributed by atoms with Crippen molar-refractivity contribution in [3.05, 3.63) is 41.6 Å².